The van der Waals surface area contributed by atoms with Gasteiger partial charge < -0.3 is 10.2 Å². The average molecular weight is 429 g/mol. The summed E-state index contributed by atoms with van der Waals surface area (Å²) in [7, 11) is 0. The number of phenols is 2. The molecule has 0 bridgehead atoms. The van der Waals surface area contributed by atoms with Gasteiger partial charge in [0.05, 0.1) is 13.1 Å². The first-order valence-corrected chi connectivity index (χ1v) is 10.7. The summed E-state index contributed by atoms with van der Waals surface area (Å²) in [6.45, 7) is 16.0. The fourth-order valence-electron chi connectivity index (χ4n) is 3.40. The van der Waals surface area contributed by atoms with Crippen LogP contribution in [0, 0.1) is 0 Å². The second-order valence-electron chi connectivity index (χ2n) is 7.43. The maximum atomic E-state index is 10.5. The maximum absolute atomic E-state index is 10.5. The SMILES string of the molecule is C=CCc1cc(C=NCCN=Cc2cc(CC=C)cc(CC=C)c2O)c(O)c(CC=C)c1. The van der Waals surface area contributed by atoms with Gasteiger partial charge in [-0.25, -0.2) is 0 Å². The van der Waals surface area contributed by atoms with E-state index in [0.717, 1.165) is 35.1 Å². The number of benzene rings is 2. The van der Waals surface area contributed by atoms with Crippen LogP contribution in [0.25, 0.3) is 0 Å². The van der Waals surface area contributed by atoms with Gasteiger partial charge in [-0.2, -0.15) is 0 Å². The van der Waals surface area contributed by atoms with Gasteiger partial charge in [-0.05, 0) is 60.1 Å². The Labute approximate surface area is 191 Å². The van der Waals surface area contributed by atoms with Crippen LogP contribution in [-0.4, -0.2) is 35.7 Å². The van der Waals surface area contributed by atoms with E-state index in [1.165, 1.54) is 0 Å². The van der Waals surface area contributed by atoms with Gasteiger partial charge in [-0.15, -0.1) is 26.3 Å². The molecule has 32 heavy (non-hydrogen) atoms. The van der Waals surface area contributed by atoms with Crippen molar-refractivity contribution in [1.29, 1.82) is 0 Å². The van der Waals surface area contributed by atoms with Crippen LogP contribution in [-0.2, 0) is 25.7 Å². The van der Waals surface area contributed by atoms with Gasteiger partial charge in [0.1, 0.15) is 11.5 Å². The van der Waals surface area contributed by atoms with Crippen LogP contribution in [0.3, 0.4) is 0 Å². The molecule has 0 amide bonds. The summed E-state index contributed by atoms with van der Waals surface area (Å²) in [4.78, 5) is 8.83. The Hall–Kier alpha value is -3.66. The van der Waals surface area contributed by atoms with Crippen molar-refractivity contribution in [2.24, 2.45) is 9.98 Å². The van der Waals surface area contributed by atoms with E-state index in [9.17, 15) is 10.2 Å². The zero-order valence-electron chi connectivity index (χ0n) is 18.6. The van der Waals surface area contributed by atoms with Gasteiger partial charge in [-0.3, -0.25) is 9.98 Å². The number of nitrogens with zero attached hydrogens (tertiary/aromatic N) is 2. The summed E-state index contributed by atoms with van der Waals surface area (Å²) in [5, 5.41) is 21.0. The highest BCUT2D eigenvalue weighted by Crippen LogP contribution is 2.26. The van der Waals surface area contributed by atoms with E-state index >= 15 is 0 Å². The van der Waals surface area contributed by atoms with E-state index in [2.05, 4.69) is 36.3 Å². The normalized spacial score (nSPS) is 11.1. The lowest BCUT2D eigenvalue weighted by Gasteiger charge is -2.09. The van der Waals surface area contributed by atoms with Gasteiger partial charge in [0.25, 0.3) is 0 Å². The number of aromatic hydroxyl groups is 2. The molecule has 0 aromatic heterocycles. The summed E-state index contributed by atoms with van der Waals surface area (Å²) in [6.07, 6.45) is 13.2. The highest BCUT2D eigenvalue weighted by molar-refractivity contribution is 5.85. The van der Waals surface area contributed by atoms with Crippen molar-refractivity contribution in [3.05, 3.63) is 108 Å². The molecule has 0 aliphatic rings. The molecule has 0 saturated heterocycles. The molecule has 0 aliphatic heterocycles. The predicted octanol–water partition coefficient (Wildman–Crippen LogP) is 5.55. The molecule has 0 spiro atoms. The molecule has 2 rings (SSSR count). The van der Waals surface area contributed by atoms with Crippen molar-refractivity contribution in [2.45, 2.75) is 25.7 Å². The number of rotatable bonds is 13. The largest absolute Gasteiger partial charge is 0.507 e. The number of hydrogen-bond donors (Lipinski definition) is 2. The minimum absolute atomic E-state index is 0.226. The third-order valence-corrected chi connectivity index (χ3v) is 4.86. The second-order valence-corrected chi connectivity index (χ2v) is 7.43. The fourth-order valence-corrected chi connectivity index (χ4v) is 3.40. The molecule has 2 aromatic carbocycles. The lowest BCUT2D eigenvalue weighted by Crippen LogP contribution is -1.96. The van der Waals surface area contributed by atoms with Gasteiger partial charge in [0.15, 0.2) is 0 Å². The van der Waals surface area contributed by atoms with E-state index in [-0.39, 0.29) is 11.5 Å². The Bertz CT molecular complexity index is 949. The Balaban J connectivity index is 2.10. The average Bonchev–Trinajstić information content (AvgIpc) is 2.77. The van der Waals surface area contributed by atoms with Crippen LogP contribution < -0.4 is 0 Å². The molecule has 0 fully saturated rings. The molecule has 0 unspecified atom stereocenters. The van der Waals surface area contributed by atoms with Crippen molar-refractivity contribution in [3.8, 4) is 11.5 Å². The Kier molecular flexibility index (Phi) is 9.92. The first kappa shape index (κ1) is 24.6. The zero-order chi connectivity index (χ0) is 23.3. The van der Waals surface area contributed by atoms with E-state index in [1.807, 2.05) is 36.4 Å². The van der Waals surface area contributed by atoms with Crippen molar-refractivity contribution in [3.63, 3.8) is 0 Å². The van der Waals surface area contributed by atoms with Crippen molar-refractivity contribution < 1.29 is 10.2 Å². The summed E-state index contributed by atoms with van der Waals surface area (Å²) in [5.41, 5.74) is 5.13. The van der Waals surface area contributed by atoms with Crippen LogP contribution in [0.15, 0.2) is 84.9 Å². The molecule has 0 saturated carbocycles. The van der Waals surface area contributed by atoms with E-state index in [1.54, 1.807) is 24.6 Å². The van der Waals surface area contributed by atoms with Crippen LogP contribution in [0.1, 0.15) is 33.4 Å². The predicted molar refractivity (Wildman–Crippen MR) is 137 cm³/mol. The van der Waals surface area contributed by atoms with Crippen LogP contribution in [0.4, 0.5) is 0 Å². The van der Waals surface area contributed by atoms with Crippen LogP contribution >= 0.6 is 0 Å². The molecular weight excluding hydrogens is 396 g/mol. The number of phenolic OH excluding ortho intramolecular Hbond substituents is 2. The maximum Gasteiger partial charge on any atom is 0.127 e. The molecule has 166 valence electrons. The molecule has 0 radical (unpaired) electrons. The van der Waals surface area contributed by atoms with E-state index in [4.69, 9.17) is 0 Å². The third-order valence-electron chi connectivity index (χ3n) is 4.86. The van der Waals surface area contributed by atoms with Crippen molar-refractivity contribution in [1.82, 2.24) is 0 Å². The molecular formula is C28H32N2O2. The van der Waals surface area contributed by atoms with Gasteiger partial charge in [0.2, 0.25) is 0 Å². The quantitative estimate of drug-likeness (QED) is 0.250. The van der Waals surface area contributed by atoms with Gasteiger partial charge in [-0.1, -0.05) is 36.4 Å². The summed E-state index contributed by atoms with van der Waals surface area (Å²) in [6, 6.07) is 7.77. The van der Waals surface area contributed by atoms with E-state index < -0.39 is 0 Å². The van der Waals surface area contributed by atoms with Crippen LogP contribution in [0.5, 0.6) is 11.5 Å². The summed E-state index contributed by atoms with van der Waals surface area (Å²) < 4.78 is 0. The molecule has 4 nitrogen and oxygen atoms in total. The summed E-state index contributed by atoms with van der Waals surface area (Å²) >= 11 is 0. The molecule has 2 aromatic rings. The van der Waals surface area contributed by atoms with Crippen molar-refractivity contribution >= 4 is 12.4 Å². The monoisotopic (exact) mass is 428 g/mol. The first-order chi connectivity index (χ1) is 15.5. The van der Waals surface area contributed by atoms with Crippen LogP contribution in [0.2, 0.25) is 0 Å². The minimum Gasteiger partial charge on any atom is -0.507 e. The molecule has 2 N–H and O–H groups in total. The zero-order valence-corrected chi connectivity index (χ0v) is 18.6. The molecule has 4 heteroatoms. The first-order valence-electron chi connectivity index (χ1n) is 10.7. The molecule has 0 aliphatic carbocycles. The Morgan fingerprint density at radius 2 is 0.969 bits per heavy atom. The van der Waals surface area contributed by atoms with Crippen molar-refractivity contribution in [2.75, 3.05) is 13.1 Å². The minimum atomic E-state index is 0.226. The van der Waals surface area contributed by atoms with Gasteiger partial charge in [0, 0.05) is 23.6 Å². The number of allylic oxidation sites excluding steroid dienone is 4. The smallest absolute Gasteiger partial charge is 0.127 e. The van der Waals surface area contributed by atoms with Gasteiger partial charge >= 0.3 is 0 Å². The standard InChI is InChI=1S/C28H32N2O2/c1-5-9-21-15-23(11-7-3)27(31)25(17-21)19-29-13-14-30-20-26-18-22(10-6-2)16-24(12-8-4)28(26)32/h5-8,15-20,31-32H,1-4,9-14H2. The number of hydrogen-bond acceptors (Lipinski definition) is 4. The third kappa shape index (κ3) is 6.95. The highest BCUT2D eigenvalue weighted by atomic mass is 16.3. The highest BCUT2D eigenvalue weighted by Gasteiger charge is 2.08. The fraction of sp³-hybridized carbons (Fsp3) is 0.214. The second kappa shape index (κ2) is 12.9. The van der Waals surface area contributed by atoms with E-state index in [0.29, 0.717) is 37.1 Å². The molecule has 0 heterocycles. The topological polar surface area (TPSA) is 65.2 Å². The Morgan fingerprint density at radius 3 is 1.31 bits per heavy atom. The lowest BCUT2D eigenvalue weighted by molar-refractivity contribution is 0.468. The Morgan fingerprint density at radius 1 is 0.594 bits per heavy atom. The number of aliphatic imine (C=N–C) groups is 2. The molecule has 0 atom stereocenters. The lowest BCUT2D eigenvalue weighted by atomic mass is 10.0. The summed E-state index contributed by atoms with van der Waals surface area (Å²) in [5.74, 6) is 0.451.